The van der Waals surface area contributed by atoms with E-state index in [0.29, 0.717) is 28.4 Å². The maximum Gasteiger partial charge on any atom is 0.273 e. The van der Waals surface area contributed by atoms with E-state index in [0.717, 1.165) is 38.5 Å². The first kappa shape index (κ1) is 19.6. The summed E-state index contributed by atoms with van der Waals surface area (Å²) in [5.74, 6) is 0.155. The van der Waals surface area contributed by atoms with Crippen LogP contribution in [0.3, 0.4) is 0 Å². The minimum atomic E-state index is -0.257. The number of halogens is 1. The van der Waals surface area contributed by atoms with E-state index in [4.69, 9.17) is 16.3 Å². The van der Waals surface area contributed by atoms with Gasteiger partial charge < -0.3 is 15.4 Å². The van der Waals surface area contributed by atoms with Crippen molar-refractivity contribution in [3.05, 3.63) is 59.2 Å². The van der Waals surface area contributed by atoms with Crippen LogP contribution in [0.2, 0.25) is 5.02 Å². The van der Waals surface area contributed by atoms with Crippen LogP contribution in [0.1, 0.15) is 10.5 Å². The van der Waals surface area contributed by atoms with Crippen molar-refractivity contribution in [3.63, 3.8) is 0 Å². The van der Waals surface area contributed by atoms with Gasteiger partial charge in [-0.25, -0.2) is 9.97 Å². The SMILES string of the molecule is O=C(NCCN1CCOCC1)c1nc2ccccc2nc1Nc1ccc(Cl)cc1. The molecular weight excluding hydrogens is 390 g/mol. The molecule has 150 valence electrons. The Labute approximate surface area is 174 Å². The molecule has 1 aliphatic heterocycles. The minimum Gasteiger partial charge on any atom is -0.379 e. The van der Waals surface area contributed by atoms with Gasteiger partial charge in [0.15, 0.2) is 11.5 Å². The number of carbonyl (C=O) groups is 1. The highest BCUT2D eigenvalue weighted by Crippen LogP contribution is 2.22. The number of nitrogens with zero attached hydrogens (tertiary/aromatic N) is 3. The summed E-state index contributed by atoms with van der Waals surface area (Å²) < 4.78 is 5.35. The average Bonchev–Trinajstić information content (AvgIpc) is 2.75. The van der Waals surface area contributed by atoms with E-state index >= 15 is 0 Å². The Morgan fingerprint density at radius 1 is 1.03 bits per heavy atom. The van der Waals surface area contributed by atoms with Gasteiger partial charge in [-0.1, -0.05) is 23.7 Å². The number of para-hydroxylation sites is 2. The molecule has 2 aromatic carbocycles. The number of hydrogen-bond donors (Lipinski definition) is 2. The van der Waals surface area contributed by atoms with Crippen LogP contribution >= 0.6 is 11.6 Å². The summed E-state index contributed by atoms with van der Waals surface area (Å²) >= 11 is 5.96. The van der Waals surface area contributed by atoms with Gasteiger partial charge in [0.25, 0.3) is 5.91 Å². The first-order valence-corrected chi connectivity index (χ1v) is 9.94. The highest BCUT2D eigenvalue weighted by atomic mass is 35.5. The Kier molecular flexibility index (Phi) is 6.19. The zero-order chi connectivity index (χ0) is 20.1. The van der Waals surface area contributed by atoms with Crippen molar-refractivity contribution >= 4 is 40.0 Å². The highest BCUT2D eigenvalue weighted by Gasteiger charge is 2.17. The normalized spacial score (nSPS) is 14.7. The van der Waals surface area contributed by atoms with Crippen LogP contribution in [0.5, 0.6) is 0 Å². The van der Waals surface area contributed by atoms with Crippen LogP contribution < -0.4 is 10.6 Å². The Morgan fingerprint density at radius 2 is 1.72 bits per heavy atom. The van der Waals surface area contributed by atoms with Crippen molar-refractivity contribution in [2.45, 2.75) is 0 Å². The number of hydrogen-bond acceptors (Lipinski definition) is 6. The first-order valence-electron chi connectivity index (χ1n) is 9.57. The van der Waals surface area contributed by atoms with E-state index in [1.54, 1.807) is 12.1 Å². The van der Waals surface area contributed by atoms with Crippen molar-refractivity contribution in [1.29, 1.82) is 0 Å². The smallest absolute Gasteiger partial charge is 0.273 e. The molecule has 4 rings (SSSR count). The molecular formula is C21H22ClN5O2. The molecule has 1 fully saturated rings. The molecule has 0 bridgehead atoms. The molecule has 1 aliphatic rings. The highest BCUT2D eigenvalue weighted by molar-refractivity contribution is 6.30. The summed E-state index contributed by atoms with van der Waals surface area (Å²) in [6, 6.07) is 14.7. The number of morpholine rings is 1. The molecule has 0 unspecified atom stereocenters. The van der Waals surface area contributed by atoms with Gasteiger partial charge in [0.2, 0.25) is 0 Å². The molecule has 1 saturated heterocycles. The third-order valence-electron chi connectivity index (χ3n) is 4.71. The minimum absolute atomic E-state index is 0.257. The van der Waals surface area contributed by atoms with E-state index in [1.165, 1.54) is 0 Å². The van der Waals surface area contributed by atoms with Crippen molar-refractivity contribution in [2.24, 2.45) is 0 Å². The van der Waals surface area contributed by atoms with E-state index in [1.807, 2.05) is 36.4 Å². The molecule has 0 aliphatic carbocycles. The predicted molar refractivity (Wildman–Crippen MR) is 114 cm³/mol. The van der Waals surface area contributed by atoms with E-state index < -0.39 is 0 Å². The zero-order valence-corrected chi connectivity index (χ0v) is 16.7. The van der Waals surface area contributed by atoms with Gasteiger partial charge in [-0.15, -0.1) is 0 Å². The lowest BCUT2D eigenvalue weighted by molar-refractivity contribution is 0.0383. The fourth-order valence-corrected chi connectivity index (χ4v) is 3.28. The van der Waals surface area contributed by atoms with Gasteiger partial charge in [-0.2, -0.15) is 0 Å². The van der Waals surface area contributed by atoms with Gasteiger partial charge in [0.1, 0.15) is 0 Å². The Hall–Kier alpha value is -2.74. The van der Waals surface area contributed by atoms with Crippen molar-refractivity contribution in [2.75, 3.05) is 44.7 Å². The predicted octanol–water partition coefficient (Wildman–Crippen LogP) is 3.09. The van der Waals surface area contributed by atoms with Gasteiger partial charge in [-0.05, 0) is 36.4 Å². The molecule has 7 nitrogen and oxygen atoms in total. The number of ether oxygens (including phenoxy) is 1. The maximum atomic E-state index is 12.9. The number of amides is 1. The molecule has 29 heavy (non-hydrogen) atoms. The van der Waals surface area contributed by atoms with Crippen LogP contribution in [0.25, 0.3) is 11.0 Å². The molecule has 2 heterocycles. The molecule has 2 N–H and O–H groups in total. The van der Waals surface area contributed by atoms with Crippen LogP contribution in [0.15, 0.2) is 48.5 Å². The summed E-state index contributed by atoms with van der Waals surface area (Å²) in [6.07, 6.45) is 0. The van der Waals surface area contributed by atoms with E-state index in [9.17, 15) is 4.79 Å². The number of benzene rings is 2. The molecule has 3 aromatic rings. The second-order valence-electron chi connectivity index (χ2n) is 6.75. The second-order valence-corrected chi connectivity index (χ2v) is 7.19. The lowest BCUT2D eigenvalue weighted by atomic mass is 10.2. The number of aromatic nitrogens is 2. The topological polar surface area (TPSA) is 79.4 Å². The first-order chi connectivity index (χ1) is 14.2. The number of nitrogens with one attached hydrogen (secondary N) is 2. The van der Waals surface area contributed by atoms with Crippen LogP contribution in [-0.2, 0) is 4.74 Å². The number of fused-ring (bicyclic) bond motifs is 1. The third-order valence-corrected chi connectivity index (χ3v) is 4.96. The molecule has 0 radical (unpaired) electrons. The number of rotatable bonds is 6. The largest absolute Gasteiger partial charge is 0.379 e. The van der Waals surface area contributed by atoms with E-state index in [-0.39, 0.29) is 11.6 Å². The molecule has 0 saturated carbocycles. The van der Waals surface area contributed by atoms with Crippen LogP contribution in [-0.4, -0.2) is 60.2 Å². The van der Waals surface area contributed by atoms with E-state index in [2.05, 4.69) is 25.5 Å². The standard InChI is InChI=1S/C21H22ClN5O2/c22-15-5-7-16(8-6-15)24-20-19(25-17-3-1-2-4-18(17)26-20)21(28)23-9-10-27-11-13-29-14-12-27/h1-8H,9-14H2,(H,23,28)(H,24,26). The fourth-order valence-electron chi connectivity index (χ4n) is 3.15. The van der Waals surface area contributed by atoms with Crippen molar-refractivity contribution in [3.8, 4) is 0 Å². The van der Waals surface area contributed by atoms with Gasteiger partial charge >= 0.3 is 0 Å². The molecule has 8 heteroatoms. The Bertz CT molecular complexity index is 990. The van der Waals surface area contributed by atoms with Gasteiger partial charge in [0, 0.05) is 36.9 Å². The summed E-state index contributed by atoms with van der Waals surface area (Å²) in [4.78, 5) is 24.3. The summed E-state index contributed by atoms with van der Waals surface area (Å²) in [7, 11) is 0. The molecule has 1 aromatic heterocycles. The fraction of sp³-hybridized carbons (Fsp3) is 0.286. The lowest BCUT2D eigenvalue weighted by Gasteiger charge is -2.26. The van der Waals surface area contributed by atoms with Gasteiger partial charge in [-0.3, -0.25) is 9.69 Å². The monoisotopic (exact) mass is 411 g/mol. The third kappa shape index (κ3) is 5.00. The lowest BCUT2D eigenvalue weighted by Crippen LogP contribution is -2.41. The maximum absolute atomic E-state index is 12.9. The Morgan fingerprint density at radius 3 is 2.45 bits per heavy atom. The Balaban J connectivity index is 1.53. The summed E-state index contributed by atoms with van der Waals surface area (Å²) in [6.45, 7) is 4.55. The second kappa shape index (κ2) is 9.17. The van der Waals surface area contributed by atoms with Crippen molar-refractivity contribution < 1.29 is 9.53 Å². The summed E-state index contributed by atoms with van der Waals surface area (Å²) in [5.41, 5.74) is 2.43. The van der Waals surface area contributed by atoms with Crippen LogP contribution in [0.4, 0.5) is 11.5 Å². The quantitative estimate of drug-likeness (QED) is 0.649. The number of carbonyl (C=O) groups excluding carboxylic acids is 1. The van der Waals surface area contributed by atoms with Crippen molar-refractivity contribution in [1.82, 2.24) is 20.2 Å². The molecule has 0 spiro atoms. The average molecular weight is 412 g/mol. The summed E-state index contributed by atoms with van der Waals surface area (Å²) in [5, 5.41) is 6.79. The van der Waals surface area contributed by atoms with Crippen LogP contribution in [0, 0.1) is 0 Å². The van der Waals surface area contributed by atoms with Gasteiger partial charge in [0.05, 0.1) is 24.2 Å². The molecule has 1 amide bonds. The number of anilines is 2. The molecule has 0 atom stereocenters. The zero-order valence-electron chi connectivity index (χ0n) is 15.9.